The first kappa shape index (κ1) is 17.2. The van der Waals surface area contributed by atoms with Crippen molar-refractivity contribution >= 4 is 6.03 Å². The van der Waals surface area contributed by atoms with Crippen LogP contribution in [0, 0.1) is 0 Å². The van der Waals surface area contributed by atoms with Crippen LogP contribution in [0.2, 0.25) is 0 Å². The van der Waals surface area contributed by atoms with Crippen LogP contribution in [0.25, 0.3) is 0 Å². The molecule has 4 rings (SSSR count). The summed E-state index contributed by atoms with van der Waals surface area (Å²) in [4.78, 5) is 13.9. The molecule has 0 unspecified atom stereocenters. The van der Waals surface area contributed by atoms with E-state index >= 15 is 0 Å². The molecule has 0 aliphatic carbocycles. The number of carbonyl (C=O) groups is 1. The maximum absolute atomic E-state index is 12.3. The minimum Gasteiger partial charge on any atom is -0.463 e. The highest BCUT2D eigenvalue weighted by Gasteiger charge is 2.42. The van der Waals surface area contributed by atoms with Gasteiger partial charge in [-0.2, -0.15) is 0 Å². The van der Waals surface area contributed by atoms with Gasteiger partial charge in [-0.15, -0.1) is 0 Å². The number of carbonyl (C=O) groups excluding carboxylic acids is 1. The number of hydrogen-bond donors (Lipinski definition) is 3. The summed E-state index contributed by atoms with van der Waals surface area (Å²) in [5, 5.41) is 6.20. The predicted molar refractivity (Wildman–Crippen MR) is 99.6 cm³/mol. The number of rotatable bonds is 5. The van der Waals surface area contributed by atoms with Gasteiger partial charge in [-0.1, -0.05) is 30.3 Å². The highest BCUT2D eigenvalue weighted by Crippen LogP contribution is 2.23. The van der Waals surface area contributed by atoms with Crippen molar-refractivity contribution in [3.05, 3.63) is 60.1 Å². The largest absolute Gasteiger partial charge is 0.463 e. The van der Waals surface area contributed by atoms with Gasteiger partial charge in [-0.05, 0) is 37.0 Å². The van der Waals surface area contributed by atoms with Crippen LogP contribution in [-0.4, -0.2) is 24.2 Å². The van der Waals surface area contributed by atoms with Crippen LogP contribution in [0.3, 0.4) is 0 Å². The Morgan fingerprint density at radius 3 is 2.54 bits per heavy atom. The molecular weight excluding hydrogens is 326 g/mol. The fraction of sp³-hybridized carbons (Fsp3) is 0.476. The highest BCUT2D eigenvalue weighted by atomic mass is 16.3. The Kier molecular flexibility index (Phi) is 5.25. The van der Waals surface area contributed by atoms with Crippen LogP contribution in [0.4, 0.5) is 4.79 Å². The molecule has 2 fully saturated rings. The van der Waals surface area contributed by atoms with Gasteiger partial charge in [0.25, 0.3) is 0 Å². The third kappa shape index (κ3) is 4.10. The minimum absolute atomic E-state index is 0.0496. The molecule has 5 nitrogen and oxygen atoms in total. The van der Waals surface area contributed by atoms with E-state index in [1.807, 2.05) is 36.4 Å². The van der Waals surface area contributed by atoms with E-state index in [1.165, 1.54) is 19.3 Å². The Labute approximate surface area is 154 Å². The van der Waals surface area contributed by atoms with Gasteiger partial charge < -0.3 is 20.0 Å². The molecule has 5 heteroatoms. The molecular formula is C21H28N3O2+. The first-order valence-corrected chi connectivity index (χ1v) is 9.74. The van der Waals surface area contributed by atoms with E-state index in [-0.39, 0.29) is 12.1 Å². The zero-order chi connectivity index (χ0) is 17.8. The summed E-state index contributed by atoms with van der Waals surface area (Å²) < 4.78 is 5.57. The van der Waals surface area contributed by atoms with E-state index in [4.69, 9.17) is 4.42 Å². The average Bonchev–Trinajstić information content (AvgIpc) is 3.15. The molecule has 3 N–H and O–H groups in total. The number of piperidine rings is 2. The number of nitrogens with one attached hydrogen (secondary N) is 3. The van der Waals surface area contributed by atoms with Crippen LogP contribution in [0.15, 0.2) is 53.1 Å². The third-order valence-corrected chi connectivity index (χ3v) is 5.88. The quantitative estimate of drug-likeness (QED) is 0.771. The van der Waals surface area contributed by atoms with E-state index in [0.717, 1.165) is 30.7 Å². The first-order chi connectivity index (χ1) is 12.8. The second kappa shape index (κ2) is 7.96. The topological polar surface area (TPSA) is 58.7 Å². The number of fused-ring (bicyclic) bond motifs is 2. The number of urea groups is 1. The van der Waals surface area contributed by atoms with Crippen molar-refractivity contribution < 1.29 is 14.1 Å². The lowest BCUT2D eigenvalue weighted by molar-refractivity contribution is -0.974. The van der Waals surface area contributed by atoms with Crippen molar-refractivity contribution in [2.24, 2.45) is 0 Å². The summed E-state index contributed by atoms with van der Waals surface area (Å²) in [6.07, 6.45) is 7.68. The standard InChI is InChI=1S/C21H27N3O2/c25-21(22-14-16-6-2-1-3-7-16)23-17-12-18-8-4-9-19(13-17)24(18)15-20-10-5-11-26-20/h1-3,5-7,10-11,17-19H,4,8-9,12-15H2,(H2,22,23,25)/p+1/t18-,19-/m1/s1. The van der Waals surface area contributed by atoms with Crippen LogP contribution in [0.5, 0.6) is 0 Å². The van der Waals surface area contributed by atoms with Gasteiger partial charge in [0.2, 0.25) is 0 Å². The summed E-state index contributed by atoms with van der Waals surface area (Å²) in [6, 6.07) is 15.5. The first-order valence-electron chi connectivity index (χ1n) is 9.74. The van der Waals surface area contributed by atoms with Crippen LogP contribution >= 0.6 is 0 Å². The van der Waals surface area contributed by atoms with Gasteiger partial charge in [0, 0.05) is 25.4 Å². The Bertz CT molecular complexity index is 687. The molecule has 26 heavy (non-hydrogen) atoms. The smallest absolute Gasteiger partial charge is 0.315 e. The lowest BCUT2D eigenvalue weighted by Crippen LogP contribution is -3.20. The Hall–Kier alpha value is -2.27. The Morgan fingerprint density at radius 2 is 1.85 bits per heavy atom. The van der Waals surface area contributed by atoms with Gasteiger partial charge in [0.15, 0.2) is 5.76 Å². The Balaban J connectivity index is 1.30. The molecule has 1 aromatic carbocycles. The van der Waals surface area contributed by atoms with E-state index in [9.17, 15) is 4.79 Å². The van der Waals surface area contributed by atoms with E-state index in [0.29, 0.717) is 18.6 Å². The average molecular weight is 354 g/mol. The molecule has 138 valence electrons. The predicted octanol–water partition coefficient (Wildman–Crippen LogP) is 2.25. The van der Waals surface area contributed by atoms with Gasteiger partial charge >= 0.3 is 6.03 Å². The van der Waals surface area contributed by atoms with E-state index in [2.05, 4.69) is 16.7 Å². The summed E-state index contributed by atoms with van der Waals surface area (Å²) in [6.45, 7) is 1.54. The molecule has 1 aromatic heterocycles. The van der Waals surface area contributed by atoms with Crippen LogP contribution in [-0.2, 0) is 13.1 Å². The monoisotopic (exact) mass is 354 g/mol. The minimum atomic E-state index is -0.0496. The summed E-state index contributed by atoms with van der Waals surface area (Å²) in [5.41, 5.74) is 1.12. The third-order valence-electron chi connectivity index (χ3n) is 5.88. The number of furan rings is 1. The number of benzene rings is 1. The number of quaternary nitrogens is 1. The second-order valence-electron chi connectivity index (χ2n) is 7.64. The van der Waals surface area contributed by atoms with E-state index < -0.39 is 0 Å². The van der Waals surface area contributed by atoms with Gasteiger partial charge in [0.1, 0.15) is 6.54 Å². The zero-order valence-electron chi connectivity index (χ0n) is 15.1. The highest BCUT2D eigenvalue weighted by molar-refractivity contribution is 5.74. The molecule has 2 aliphatic heterocycles. The molecule has 2 atom stereocenters. The molecule has 0 radical (unpaired) electrons. The lowest BCUT2D eigenvalue weighted by Gasteiger charge is -2.45. The summed E-state index contributed by atoms with van der Waals surface area (Å²) in [5.74, 6) is 1.07. The SMILES string of the molecule is O=C(NCc1ccccc1)NC1C[C@H]2CCC[C@H](C1)[NH+]2Cc1ccco1. The maximum Gasteiger partial charge on any atom is 0.315 e. The van der Waals surface area contributed by atoms with Crippen LogP contribution < -0.4 is 15.5 Å². The molecule has 0 spiro atoms. The zero-order valence-corrected chi connectivity index (χ0v) is 15.1. The lowest BCUT2D eigenvalue weighted by atomic mass is 9.81. The number of hydrogen-bond acceptors (Lipinski definition) is 2. The molecule has 2 saturated heterocycles. The van der Waals surface area contributed by atoms with Crippen molar-refractivity contribution in [2.45, 2.75) is 63.3 Å². The fourth-order valence-corrected chi connectivity index (χ4v) is 4.67. The van der Waals surface area contributed by atoms with Crippen molar-refractivity contribution in [1.29, 1.82) is 0 Å². The van der Waals surface area contributed by atoms with Crippen molar-refractivity contribution in [1.82, 2.24) is 10.6 Å². The van der Waals surface area contributed by atoms with Gasteiger partial charge in [0.05, 0.1) is 18.3 Å². The summed E-state index contributed by atoms with van der Waals surface area (Å²) in [7, 11) is 0. The van der Waals surface area contributed by atoms with Gasteiger partial charge in [-0.3, -0.25) is 0 Å². The normalized spacial score (nSPS) is 27.7. The van der Waals surface area contributed by atoms with E-state index in [1.54, 1.807) is 11.2 Å². The Morgan fingerprint density at radius 1 is 1.08 bits per heavy atom. The molecule has 2 amide bonds. The van der Waals surface area contributed by atoms with Crippen molar-refractivity contribution in [3.63, 3.8) is 0 Å². The van der Waals surface area contributed by atoms with Gasteiger partial charge in [-0.25, -0.2) is 4.79 Å². The molecule has 2 aromatic rings. The van der Waals surface area contributed by atoms with Crippen LogP contribution in [0.1, 0.15) is 43.4 Å². The molecule has 2 bridgehead atoms. The molecule has 0 saturated carbocycles. The van der Waals surface area contributed by atoms with Crippen molar-refractivity contribution in [3.8, 4) is 0 Å². The molecule has 3 heterocycles. The molecule has 2 aliphatic rings. The van der Waals surface area contributed by atoms with Crippen molar-refractivity contribution in [2.75, 3.05) is 0 Å². The summed E-state index contributed by atoms with van der Waals surface area (Å²) >= 11 is 0. The number of amides is 2. The second-order valence-corrected chi connectivity index (χ2v) is 7.64. The maximum atomic E-state index is 12.3. The fourth-order valence-electron chi connectivity index (χ4n) is 4.67.